The molecule has 0 saturated carbocycles. The van der Waals surface area contributed by atoms with Gasteiger partial charge in [0.05, 0.1) is 16.2 Å². The van der Waals surface area contributed by atoms with Crippen LogP contribution in [-0.2, 0) is 0 Å². The van der Waals surface area contributed by atoms with Crippen molar-refractivity contribution in [3.63, 3.8) is 0 Å². The number of benzene rings is 2. The number of carboxylic acid groups (broad SMARTS) is 1. The van der Waals surface area contributed by atoms with Crippen LogP contribution in [0.15, 0.2) is 36.4 Å². The summed E-state index contributed by atoms with van der Waals surface area (Å²) in [5.41, 5.74) is 0.962. The molecule has 2 aromatic rings. The summed E-state index contributed by atoms with van der Waals surface area (Å²) >= 11 is 0. The van der Waals surface area contributed by atoms with Gasteiger partial charge in [0, 0.05) is 17.8 Å². The molecule has 0 heterocycles. The maximum absolute atomic E-state index is 13.8. The lowest BCUT2D eigenvalue weighted by Gasteiger charge is -2.10. The van der Waals surface area contributed by atoms with E-state index in [1.54, 1.807) is 6.92 Å². The number of aryl methyl sites for hydroxylation is 1. The zero-order valence-electron chi connectivity index (χ0n) is 11.0. The van der Waals surface area contributed by atoms with Crippen molar-refractivity contribution >= 4 is 23.0 Å². The number of nitro groups is 1. The van der Waals surface area contributed by atoms with Crippen LogP contribution >= 0.6 is 0 Å². The number of rotatable bonds is 4. The first kappa shape index (κ1) is 14.4. The summed E-state index contributed by atoms with van der Waals surface area (Å²) in [5.74, 6) is -1.93. The van der Waals surface area contributed by atoms with Gasteiger partial charge in [-0.3, -0.25) is 10.1 Å². The number of non-ortho nitro benzene ring substituents is 1. The summed E-state index contributed by atoms with van der Waals surface area (Å²) < 4.78 is 13.8. The molecule has 2 N–H and O–H groups in total. The number of hydrogen-bond acceptors (Lipinski definition) is 4. The minimum absolute atomic E-state index is 0.0558. The number of hydrogen-bond donors (Lipinski definition) is 2. The van der Waals surface area contributed by atoms with Gasteiger partial charge in [0.25, 0.3) is 5.69 Å². The van der Waals surface area contributed by atoms with Crippen LogP contribution in [0.5, 0.6) is 0 Å². The molecule has 0 amide bonds. The fraction of sp³-hybridized carbons (Fsp3) is 0.0714. The van der Waals surface area contributed by atoms with Gasteiger partial charge >= 0.3 is 5.97 Å². The number of aromatic carboxylic acids is 1. The van der Waals surface area contributed by atoms with Crippen LogP contribution in [0.1, 0.15) is 15.9 Å². The lowest BCUT2D eigenvalue weighted by Crippen LogP contribution is -2.01. The lowest BCUT2D eigenvalue weighted by molar-refractivity contribution is -0.384. The zero-order chi connectivity index (χ0) is 15.6. The van der Waals surface area contributed by atoms with Crippen LogP contribution in [0.3, 0.4) is 0 Å². The highest BCUT2D eigenvalue weighted by molar-refractivity contribution is 5.88. The van der Waals surface area contributed by atoms with Crippen molar-refractivity contribution in [1.82, 2.24) is 0 Å². The summed E-state index contributed by atoms with van der Waals surface area (Å²) in [5, 5.41) is 22.2. The monoisotopic (exact) mass is 290 g/mol. The van der Waals surface area contributed by atoms with Gasteiger partial charge in [-0.2, -0.15) is 0 Å². The molecule has 0 aliphatic heterocycles. The van der Waals surface area contributed by atoms with E-state index in [9.17, 15) is 19.3 Å². The molecular weight excluding hydrogens is 279 g/mol. The molecule has 0 bridgehead atoms. The predicted molar refractivity (Wildman–Crippen MR) is 74.5 cm³/mol. The smallest absolute Gasteiger partial charge is 0.335 e. The molecule has 108 valence electrons. The molecule has 0 atom stereocenters. The van der Waals surface area contributed by atoms with Gasteiger partial charge in [-0.05, 0) is 36.8 Å². The number of nitrogens with zero attached hydrogens (tertiary/aromatic N) is 1. The van der Waals surface area contributed by atoms with Crippen LogP contribution in [0, 0.1) is 22.9 Å². The average molecular weight is 290 g/mol. The second kappa shape index (κ2) is 5.58. The topological polar surface area (TPSA) is 92.5 Å². The maximum atomic E-state index is 13.8. The minimum atomic E-state index is -1.22. The number of carboxylic acids is 1. The predicted octanol–water partition coefficient (Wildman–Crippen LogP) is 3.48. The molecule has 0 aromatic heterocycles. The summed E-state index contributed by atoms with van der Waals surface area (Å²) in [6.45, 7) is 1.65. The van der Waals surface area contributed by atoms with E-state index in [2.05, 4.69) is 5.32 Å². The molecule has 0 unspecified atom stereocenters. The second-order valence-corrected chi connectivity index (χ2v) is 4.38. The van der Waals surface area contributed by atoms with Crippen molar-refractivity contribution in [1.29, 1.82) is 0 Å². The SMILES string of the molecule is Cc1cc([N+](=O)[O-])ccc1Nc1ccc(C(=O)O)cc1F. The second-order valence-electron chi connectivity index (χ2n) is 4.38. The van der Waals surface area contributed by atoms with Gasteiger partial charge in [-0.1, -0.05) is 0 Å². The van der Waals surface area contributed by atoms with E-state index in [1.165, 1.54) is 30.3 Å². The number of nitro benzene ring substituents is 1. The first-order valence-corrected chi connectivity index (χ1v) is 5.93. The third kappa shape index (κ3) is 3.14. The van der Waals surface area contributed by atoms with Gasteiger partial charge in [0.15, 0.2) is 0 Å². The zero-order valence-corrected chi connectivity index (χ0v) is 11.0. The Morgan fingerprint density at radius 1 is 1.24 bits per heavy atom. The van der Waals surface area contributed by atoms with Crippen molar-refractivity contribution in [2.24, 2.45) is 0 Å². The Balaban J connectivity index is 2.30. The molecule has 6 nitrogen and oxygen atoms in total. The van der Waals surface area contributed by atoms with Crippen LogP contribution < -0.4 is 5.32 Å². The standard InChI is InChI=1S/C14H11FN2O4/c1-8-6-10(17(20)21)3-5-12(8)16-13-4-2-9(14(18)19)7-11(13)15/h2-7,16H,1H3,(H,18,19). The van der Waals surface area contributed by atoms with E-state index in [-0.39, 0.29) is 16.9 Å². The first-order chi connectivity index (χ1) is 9.88. The Kier molecular flexibility index (Phi) is 3.84. The summed E-state index contributed by atoms with van der Waals surface area (Å²) in [4.78, 5) is 20.9. The number of anilines is 2. The third-order valence-corrected chi connectivity index (χ3v) is 2.91. The Morgan fingerprint density at radius 2 is 1.90 bits per heavy atom. The Hall–Kier alpha value is -2.96. The molecule has 0 radical (unpaired) electrons. The molecule has 0 saturated heterocycles. The molecule has 21 heavy (non-hydrogen) atoms. The number of halogens is 1. The molecular formula is C14H11FN2O4. The van der Waals surface area contributed by atoms with Crippen molar-refractivity contribution in [3.05, 3.63) is 63.5 Å². The highest BCUT2D eigenvalue weighted by Crippen LogP contribution is 2.26. The summed E-state index contributed by atoms with van der Waals surface area (Å²) in [6.07, 6.45) is 0. The van der Waals surface area contributed by atoms with Crippen molar-refractivity contribution in [2.75, 3.05) is 5.32 Å². The number of carbonyl (C=O) groups is 1. The average Bonchev–Trinajstić information content (AvgIpc) is 2.42. The van der Waals surface area contributed by atoms with Crippen LogP contribution in [0.4, 0.5) is 21.5 Å². The normalized spacial score (nSPS) is 10.2. The molecule has 0 aliphatic rings. The fourth-order valence-corrected chi connectivity index (χ4v) is 1.80. The van der Waals surface area contributed by atoms with Crippen molar-refractivity contribution < 1.29 is 19.2 Å². The summed E-state index contributed by atoms with van der Waals surface area (Å²) in [6, 6.07) is 7.63. The lowest BCUT2D eigenvalue weighted by atomic mass is 10.1. The van der Waals surface area contributed by atoms with E-state index in [4.69, 9.17) is 5.11 Å². The van der Waals surface area contributed by atoms with Gasteiger partial charge in [0.2, 0.25) is 0 Å². The fourth-order valence-electron chi connectivity index (χ4n) is 1.80. The summed E-state index contributed by atoms with van der Waals surface area (Å²) in [7, 11) is 0. The molecule has 0 spiro atoms. The first-order valence-electron chi connectivity index (χ1n) is 5.93. The maximum Gasteiger partial charge on any atom is 0.335 e. The van der Waals surface area contributed by atoms with E-state index in [1.807, 2.05) is 0 Å². The third-order valence-electron chi connectivity index (χ3n) is 2.91. The molecule has 2 aromatic carbocycles. The van der Waals surface area contributed by atoms with Gasteiger partial charge in [-0.25, -0.2) is 9.18 Å². The minimum Gasteiger partial charge on any atom is -0.478 e. The largest absolute Gasteiger partial charge is 0.478 e. The molecule has 0 aliphatic carbocycles. The quantitative estimate of drug-likeness (QED) is 0.664. The van der Waals surface area contributed by atoms with Crippen molar-refractivity contribution in [3.8, 4) is 0 Å². The van der Waals surface area contributed by atoms with Gasteiger partial charge in [0.1, 0.15) is 5.82 Å². The van der Waals surface area contributed by atoms with Gasteiger partial charge in [-0.15, -0.1) is 0 Å². The van der Waals surface area contributed by atoms with Crippen LogP contribution in [0.25, 0.3) is 0 Å². The van der Waals surface area contributed by atoms with Crippen LogP contribution in [-0.4, -0.2) is 16.0 Å². The van der Waals surface area contributed by atoms with E-state index in [0.717, 1.165) is 6.07 Å². The Labute approximate surface area is 119 Å². The Morgan fingerprint density at radius 3 is 2.43 bits per heavy atom. The van der Waals surface area contributed by atoms with E-state index < -0.39 is 16.7 Å². The highest BCUT2D eigenvalue weighted by atomic mass is 19.1. The Bertz CT molecular complexity index is 669. The molecule has 7 heteroatoms. The van der Waals surface area contributed by atoms with Crippen LogP contribution in [0.2, 0.25) is 0 Å². The van der Waals surface area contributed by atoms with E-state index >= 15 is 0 Å². The van der Waals surface area contributed by atoms with E-state index in [0.29, 0.717) is 11.3 Å². The number of nitrogens with one attached hydrogen (secondary N) is 1. The van der Waals surface area contributed by atoms with Crippen molar-refractivity contribution in [2.45, 2.75) is 6.92 Å². The molecule has 0 fully saturated rings. The van der Waals surface area contributed by atoms with Gasteiger partial charge < -0.3 is 10.4 Å². The molecule has 2 rings (SSSR count). The highest BCUT2D eigenvalue weighted by Gasteiger charge is 2.11.